The molecule has 0 saturated carbocycles. The van der Waals surface area contributed by atoms with Gasteiger partial charge in [-0.15, -0.1) is 0 Å². The molecule has 0 aliphatic carbocycles. The molecule has 2 unspecified atom stereocenters. The number of nitrogens with zero attached hydrogens (tertiary/aromatic N) is 2. The molecular formula is C15H20ClN3O. The Hall–Kier alpha value is -1.10. The number of hydrogen-bond donors (Lipinski definition) is 1. The minimum absolute atomic E-state index is 0.0438. The molecule has 5 heteroatoms. The van der Waals surface area contributed by atoms with Crippen LogP contribution < -0.4 is 5.32 Å². The molecular weight excluding hydrogens is 274 g/mol. The zero-order valence-corrected chi connectivity index (χ0v) is 12.4. The van der Waals surface area contributed by atoms with Gasteiger partial charge in [0.05, 0.1) is 6.54 Å². The van der Waals surface area contributed by atoms with Crippen molar-refractivity contribution < 1.29 is 4.79 Å². The van der Waals surface area contributed by atoms with E-state index in [0.29, 0.717) is 17.6 Å². The highest BCUT2D eigenvalue weighted by Gasteiger charge is 2.37. The molecule has 1 aromatic carbocycles. The molecule has 1 amide bonds. The van der Waals surface area contributed by atoms with Gasteiger partial charge in [0.2, 0.25) is 5.91 Å². The van der Waals surface area contributed by atoms with Crippen molar-refractivity contribution >= 4 is 17.5 Å². The molecule has 1 N–H and O–H groups in total. The van der Waals surface area contributed by atoms with Crippen LogP contribution >= 0.6 is 11.6 Å². The van der Waals surface area contributed by atoms with Gasteiger partial charge in [-0.2, -0.15) is 0 Å². The summed E-state index contributed by atoms with van der Waals surface area (Å²) in [4.78, 5) is 16.6. The Morgan fingerprint density at radius 3 is 3.00 bits per heavy atom. The van der Waals surface area contributed by atoms with Gasteiger partial charge in [0.25, 0.3) is 0 Å². The Kier molecular flexibility index (Phi) is 3.96. The van der Waals surface area contributed by atoms with E-state index >= 15 is 0 Å². The number of amides is 1. The molecule has 2 atom stereocenters. The van der Waals surface area contributed by atoms with Crippen LogP contribution in [0.5, 0.6) is 0 Å². The minimum atomic E-state index is -0.0438. The van der Waals surface area contributed by atoms with E-state index in [2.05, 4.69) is 17.3 Å². The van der Waals surface area contributed by atoms with E-state index in [1.807, 2.05) is 29.2 Å². The van der Waals surface area contributed by atoms with Gasteiger partial charge in [0, 0.05) is 17.6 Å². The summed E-state index contributed by atoms with van der Waals surface area (Å²) in [6, 6.07) is 8.06. The summed E-state index contributed by atoms with van der Waals surface area (Å²) in [6.45, 7) is 2.48. The summed E-state index contributed by atoms with van der Waals surface area (Å²) in [5, 5.41) is 4.02. The van der Waals surface area contributed by atoms with Crippen LogP contribution in [0.4, 0.5) is 0 Å². The lowest BCUT2D eigenvalue weighted by Crippen LogP contribution is -2.48. The average molecular weight is 294 g/mol. The maximum Gasteiger partial charge on any atom is 0.238 e. The number of benzene rings is 1. The standard InChI is InChI=1S/C15H20ClN3O/c1-18-7-3-6-13(10-18)19-14(20)9-17-15(19)11-4-2-5-12(16)8-11/h2,4-5,8,13,15,17H,3,6-7,9-10H2,1H3. The molecule has 2 aliphatic rings. The summed E-state index contributed by atoms with van der Waals surface area (Å²) >= 11 is 6.08. The highest BCUT2D eigenvalue weighted by atomic mass is 35.5. The van der Waals surface area contributed by atoms with Crippen LogP contribution in [0.1, 0.15) is 24.6 Å². The largest absolute Gasteiger partial charge is 0.318 e. The van der Waals surface area contributed by atoms with Gasteiger partial charge in [-0.25, -0.2) is 0 Å². The van der Waals surface area contributed by atoms with Gasteiger partial charge in [-0.3, -0.25) is 10.1 Å². The van der Waals surface area contributed by atoms with Crippen LogP contribution in [0.25, 0.3) is 0 Å². The lowest BCUT2D eigenvalue weighted by atomic mass is 10.0. The third-order valence-electron chi connectivity index (χ3n) is 4.17. The Bertz CT molecular complexity index is 508. The van der Waals surface area contributed by atoms with E-state index in [1.54, 1.807) is 0 Å². The molecule has 2 saturated heterocycles. The molecule has 0 spiro atoms. The minimum Gasteiger partial charge on any atom is -0.318 e. The first-order valence-corrected chi connectivity index (χ1v) is 7.51. The van der Waals surface area contributed by atoms with Crippen molar-refractivity contribution in [2.24, 2.45) is 0 Å². The van der Waals surface area contributed by atoms with Gasteiger partial charge >= 0.3 is 0 Å². The Labute approximate surface area is 124 Å². The van der Waals surface area contributed by atoms with E-state index < -0.39 is 0 Å². The second kappa shape index (κ2) is 5.72. The van der Waals surface area contributed by atoms with E-state index in [0.717, 1.165) is 31.5 Å². The molecule has 108 valence electrons. The van der Waals surface area contributed by atoms with Crippen molar-refractivity contribution in [2.45, 2.75) is 25.0 Å². The van der Waals surface area contributed by atoms with E-state index in [9.17, 15) is 4.79 Å². The van der Waals surface area contributed by atoms with Crippen LogP contribution in [0.15, 0.2) is 24.3 Å². The van der Waals surface area contributed by atoms with Gasteiger partial charge < -0.3 is 9.80 Å². The van der Waals surface area contributed by atoms with Gasteiger partial charge in [-0.1, -0.05) is 23.7 Å². The van der Waals surface area contributed by atoms with Gasteiger partial charge in [0.15, 0.2) is 0 Å². The fourth-order valence-electron chi connectivity index (χ4n) is 3.25. The zero-order valence-electron chi connectivity index (χ0n) is 11.7. The molecule has 2 heterocycles. The fourth-order valence-corrected chi connectivity index (χ4v) is 3.45. The fraction of sp³-hybridized carbons (Fsp3) is 0.533. The normalized spacial score (nSPS) is 28.1. The SMILES string of the molecule is CN1CCCC(N2C(=O)CNC2c2cccc(Cl)c2)C1. The second-order valence-corrected chi connectivity index (χ2v) is 6.13. The third kappa shape index (κ3) is 2.68. The van der Waals surface area contributed by atoms with Gasteiger partial charge in [-0.05, 0) is 44.1 Å². The highest BCUT2D eigenvalue weighted by Crippen LogP contribution is 2.29. The first kappa shape index (κ1) is 13.9. The quantitative estimate of drug-likeness (QED) is 0.904. The zero-order chi connectivity index (χ0) is 14.1. The lowest BCUT2D eigenvalue weighted by molar-refractivity contribution is -0.131. The number of rotatable bonds is 2. The summed E-state index contributed by atoms with van der Waals surface area (Å²) < 4.78 is 0. The summed E-state index contributed by atoms with van der Waals surface area (Å²) in [7, 11) is 2.12. The van der Waals surface area contributed by atoms with Gasteiger partial charge in [0.1, 0.15) is 6.17 Å². The Morgan fingerprint density at radius 1 is 1.40 bits per heavy atom. The highest BCUT2D eigenvalue weighted by molar-refractivity contribution is 6.30. The average Bonchev–Trinajstić information content (AvgIpc) is 2.80. The molecule has 0 radical (unpaired) electrons. The van der Waals surface area contributed by atoms with E-state index in [4.69, 9.17) is 11.6 Å². The number of likely N-dealkylation sites (tertiary alicyclic amines) is 1. The third-order valence-corrected chi connectivity index (χ3v) is 4.41. The number of carbonyl (C=O) groups excluding carboxylic acids is 1. The molecule has 2 fully saturated rings. The molecule has 1 aromatic rings. The van der Waals surface area contributed by atoms with Crippen LogP contribution in [0.3, 0.4) is 0 Å². The molecule has 0 aromatic heterocycles. The number of likely N-dealkylation sites (N-methyl/N-ethyl adjacent to an activating group) is 1. The van der Waals surface area contributed by atoms with Crippen molar-refractivity contribution in [1.29, 1.82) is 0 Å². The topological polar surface area (TPSA) is 35.6 Å². The Balaban J connectivity index is 1.85. The van der Waals surface area contributed by atoms with Crippen molar-refractivity contribution in [3.05, 3.63) is 34.9 Å². The van der Waals surface area contributed by atoms with Crippen molar-refractivity contribution in [2.75, 3.05) is 26.7 Å². The predicted octanol–water partition coefficient (Wildman–Crippen LogP) is 1.86. The van der Waals surface area contributed by atoms with Crippen molar-refractivity contribution in [1.82, 2.24) is 15.1 Å². The predicted molar refractivity (Wildman–Crippen MR) is 79.6 cm³/mol. The van der Waals surface area contributed by atoms with Crippen molar-refractivity contribution in [3.63, 3.8) is 0 Å². The summed E-state index contributed by atoms with van der Waals surface area (Å²) in [6.07, 6.45) is 2.18. The number of piperidine rings is 1. The van der Waals surface area contributed by atoms with E-state index in [-0.39, 0.29) is 12.1 Å². The maximum absolute atomic E-state index is 12.3. The van der Waals surface area contributed by atoms with Crippen molar-refractivity contribution in [3.8, 4) is 0 Å². The maximum atomic E-state index is 12.3. The Morgan fingerprint density at radius 2 is 2.25 bits per heavy atom. The number of hydrogen-bond acceptors (Lipinski definition) is 3. The molecule has 3 rings (SSSR count). The first-order chi connectivity index (χ1) is 9.65. The number of nitrogens with one attached hydrogen (secondary N) is 1. The monoisotopic (exact) mass is 293 g/mol. The first-order valence-electron chi connectivity index (χ1n) is 7.14. The van der Waals surface area contributed by atoms with Crippen LogP contribution in [0.2, 0.25) is 5.02 Å². The molecule has 0 bridgehead atoms. The molecule has 4 nitrogen and oxygen atoms in total. The van der Waals surface area contributed by atoms with Crippen LogP contribution in [0, 0.1) is 0 Å². The second-order valence-electron chi connectivity index (χ2n) is 5.70. The van der Waals surface area contributed by atoms with Crippen LogP contribution in [-0.4, -0.2) is 48.4 Å². The summed E-state index contributed by atoms with van der Waals surface area (Å²) in [5.41, 5.74) is 1.07. The van der Waals surface area contributed by atoms with Crippen LogP contribution in [-0.2, 0) is 4.79 Å². The molecule has 2 aliphatic heterocycles. The smallest absolute Gasteiger partial charge is 0.238 e. The number of halogens is 1. The lowest BCUT2D eigenvalue weighted by Gasteiger charge is -2.38. The number of carbonyl (C=O) groups is 1. The summed E-state index contributed by atoms with van der Waals surface area (Å²) in [5.74, 6) is 0.190. The molecule has 20 heavy (non-hydrogen) atoms. The van der Waals surface area contributed by atoms with E-state index in [1.165, 1.54) is 0 Å².